The number of carbonyl (C=O) groups is 3. The number of nitrogens with zero attached hydrogens (tertiary/aromatic N) is 3. The maximum Gasteiger partial charge on any atom is 0.309 e. The maximum atomic E-state index is 14.2. The first-order chi connectivity index (χ1) is 16.9. The summed E-state index contributed by atoms with van der Waals surface area (Å²) in [5.41, 5.74) is 4.69. The number of carbonyl (C=O) groups excluding carboxylic acids is 3. The second-order valence-corrected chi connectivity index (χ2v) is 10.6. The molecule has 5 rings (SSSR count). The van der Waals surface area contributed by atoms with Crippen molar-refractivity contribution in [2.24, 2.45) is 5.92 Å². The fourth-order valence-corrected chi connectivity index (χ4v) is 6.69. The summed E-state index contributed by atoms with van der Waals surface area (Å²) in [4.78, 5) is 44.2. The largest absolute Gasteiger partial charge is 0.466 e. The lowest BCUT2D eigenvalue weighted by molar-refractivity contribution is -0.149. The van der Waals surface area contributed by atoms with E-state index >= 15 is 0 Å². The topological polar surface area (TPSA) is 70.2 Å². The van der Waals surface area contributed by atoms with E-state index in [1.54, 1.807) is 4.90 Å². The summed E-state index contributed by atoms with van der Waals surface area (Å²) >= 11 is 1.41. The van der Waals surface area contributed by atoms with Gasteiger partial charge >= 0.3 is 5.97 Å². The number of hydrogen-bond acceptors (Lipinski definition) is 6. The second-order valence-electron chi connectivity index (χ2n) is 9.47. The third-order valence-corrected chi connectivity index (χ3v) is 8.75. The molecule has 0 aromatic heterocycles. The van der Waals surface area contributed by atoms with Gasteiger partial charge in [-0.25, -0.2) is 0 Å². The Balaban J connectivity index is 1.44. The summed E-state index contributed by atoms with van der Waals surface area (Å²) in [7, 11) is 0. The van der Waals surface area contributed by atoms with E-state index in [9.17, 15) is 14.4 Å². The number of benzene rings is 2. The lowest BCUT2D eigenvalue weighted by atomic mass is 9.97. The van der Waals surface area contributed by atoms with Gasteiger partial charge in [-0.15, -0.1) is 11.8 Å². The van der Waals surface area contributed by atoms with Gasteiger partial charge in [-0.3, -0.25) is 29.1 Å². The molecule has 0 unspecified atom stereocenters. The van der Waals surface area contributed by atoms with Crippen LogP contribution in [0.15, 0.2) is 42.5 Å². The summed E-state index contributed by atoms with van der Waals surface area (Å²) in [6.45, 7) is 8.15. The van der Waals surface area contributed by atoms with E-state index in [4.69, 9.17) is 4.74 Å². The Labute approximate surface area is 210 Å². The number of piperidine rings is 1. The summed E-state index contributed by atoms with van der Waals surface area (Å²) < 4.78 is 5.19. The number of para-hydroxylation sites is 1. The third kappa shape index (κ3) is 3.93. The van der Waals surface area contributed by atoms with Gasteiger partial charge in [0.1, 0.15) is 0 Å². The van der Waals surface area contributed by atoms with Gasteiger partial charge in [-0.1, -0.05) is 24.3 Å². The highest BCUT2D eigenvalue weighted by Crippen LogP contribution is 2.55. The molecule has 0 N–H and O–H groups in total. The van der Waals surface area contributed by atoms with E-state index in [1.807, 2.05) is 68.1 Å². The van der Waals surface area contributed by atoms with Gasteiger partial charge in [0, 0.05) is 24.3 Å². The molecule has 3 aliphatic heterocycles. The van der Waals surface area contributed by atoms with Crippen LogP contribution in [0.5, 0.6) is 0 Å². The number of aryl methyl sites for hydroxylation is 2. The van der Waals surface area contributed by atoms with Gasteiger partial charge < -0.3 is 4.74 Å². The van der Waals surface area contributed by atoms with Crippen LogP contribution >= 0.6 is 11.8 Å². The van der Waals surface area contributed by atoms with Crippen LogP contribution in [0.2, 0.25) is 0 Å². The van der Waals surface area contributed by atoms with Crippen molar-refractivity contribution in [1.82, 2.24) is 4.90 Å². The fraction of sp³-hybridized carbons (Fsp3) is 0.444. The lowest BCUT2D eigenvalue weighted by Crippen LogP contribution is -2.52. The molecule has 2 aromatic carbocycles. The molecule has 35 heavy (non-hydrogen) atoms. The minimum absolute atomic E-state index is 0.0569. The van der Waals surface area contributed by atoms with Crippen LogP contribution in [0.1, 0.15) is 36.5 Å². The Morgan fingerprint density at radius 3 is 2.54 bits per heavy atom. The summed E-state index contributed by atoms with van der Waals surface area (Å²) in [5, 5.41) is 0. The molecule has 2 aromatic rings. The Hall–Kier alpha value is -2.84. The highest BCUT2D eigenvalue weighted by molar-refractivity contribution is 8.02. The van der Waals surface area contributed by atoms with Crippen molar-refractivity contribution in [3.8, 4) is 0 Å². The first-order valence-electron chi connectivity index (χ1n) is 12.2. The number of fused-ring (bicyclic) bond motifs is 2. The Morgan fingerprint density at radius 2 is 1.83 bits per heavy atom. The normalized spacial score (nSPS) is 22.8. The quantitative estimate of drug-likeness (QED) is 0.590. The predicted octanol–water partition coefficient (Wildman–Crippen LogP) is 3.82. The lowest BCUT2D eigenvalue weighted by Gasteiger charge is -2.36. The van der Waals surface area contributed by atoms with Crippen molar-refractivity contribution in [2.45, 2.75) is 38.5 Å². The molecule has 0 aliphatic carbocycles. The Bertz CT molecular complexity index is 1180. The van der Waals surface area contributed by atoms with Crippen molar-refractivity contribution in [3.63, 3.8) is 0 Å². The Morgan fingerprint density at radius 1 is 1.09 bits per heavy atom. The first kappa shape index (κ1) is 23.9. The van der Waals surface area contributed by atoms with Crippen LogP contribution in [0.3, 0.4) is 0 Å². The average Bonchev–Trinajstić information content (AvgIpc) is 3.32. The highest BCUT2D eigenvalue weighted by atomic mass is 32.2. The molecule has 1 spiro atoms. The zero-order valence-electron chi connectivity index (χ0n) is 20.5. The van der Waals surface area contributed by atoms with Crippen LogP contribution in [0.4, 0.5) is 11.4 Å². The standard InChI is InChI=1S/C27H31N3O4S/c1-4-34-25(32)20-11-13-28(14-12-20)17-29-23-8-6-5-7-22(23)27(26(29)33)30(24(31)16-35-27)21-10-9-18(2)19(3)15-21/h5-10,15,20H,4,11-14,16-17H2,1-3H3/t27-/m1/s1. The van der Waals surface area contributed by atoms with Crippen molar-refractivity contribution in [2.75, 3.05) is 41.9 Å². The summed E-state index contributed by atoms with van der Waals surface area (Å²) in [6.07, 6.45) is 1.44. The van der Waals surface area contributed by atoms with Gasteiger partial charge in [-0.05, 0) is 62.9 Å². The maximum absolute atomic E-state index is 14.2. The van der Waals surface area contributed by atoms with Gasteiger partial charge in [0.25, 0.3) is 5.91 Å². The zero-order chi connectivity index (χ0) is 24.7. The van der Waals surface area contributed by atoms with Crippen LogP contribution in [0.25, 0.3) is 0 Å². The Kier molecular flexibility index (Phi) is 6.36. The van der Waals surface area contributed by atoms with E-state index in [0.717, 1.165) is 54.0 Å². The molecule has 1 atom stereocenters. The van der Waals surface area contributed by atoms with Crippen molar-refractivity contribution < 1.29 is 19.1 Å². The molecule has 2 saturated heterocycles. The summed E-state index contributed by atoms with van der Waals surface area (Å²) in [5.74, 6) is -0.0917. The second kappa shape index (κ2) is 9.32. The van der Waals surface area contributed by atoms with Crippen LogP contribution in [-0.2, 0) is 24.0 Å². The monoisotopic (exact) mass is 493 g/mol. The molecule has 0 radical (unpaired) electrons. The average molecular weight is 494 g/mol. The van der Waals surface area contributed by atoms with Crippen LogP contribution in [-0.4, -0.2) is 54.8 Å². The first-order valence-corrected chi connectivity index (χ1v) is 13.2. The molecule has 8 heteroatoms. The van der Waals surface area contributed by atoms with Crippen molar-refractivity contribution in [3.05, 3.63) is 59.2 Å². The van der Waals surface area contributed by atoms with E-state index in [0.29, 0.717) is 13.3 Å². The smallest absolute Gasteiger partial charge is 0.309 e. The molecule has 0 bridgehead atoms. The SMILES string of the molecule is CCOC(=O)C1CCN(CN2C(=O)[C@]3(SCC(=O)N3c3ccc(C)c(C)c3)c3ccccc32)CC1. The van der Waals surface area contributed by atoms with E-state index in [2.05, 4.69) is 4.90 Å². The van der Waals surface area contributed by atoms with E-state index in [1.165, 1.54) is 11.8 Å². The van der Waals surface area contributed by atoms with Gasteiger partial charge in [0.15, 0.2) is 0 Å². The highest BCUT2D eigenvalue weighted by Gasteiger charge is 2.61. The molecular weight excluding hydrogens is 462 g/mol. The number of esters is 1. The fourth-order valence-electron chi connectivity index (χ4n) is 5.33. The number of anilines is 2. The summed E-state index contributed by atoms with van der Waals surface area (Å²) in [6, 6.07) is 13.8. The van der Waals surface area contributed by atoms with Crippen LogP contribution in [0, 0.1) is 19.8 Å². The van der Waals surface area contributed by atoms with Crippen molar-refractivity contribution >= 4 is 40.9 Å². The molecule has 184 valence electrons. The molecule has 3 aliphatic rings. The number of amides is 2. The molecule has 2 amide bonds. The van der Waals surface area contributed by atoms with E-state index < -0.39 is 4.87 Å². The van der Waals surface area contributed by atoms with E-state index in [-0.39, 0.29) is 29.5 Å². The predicted molar refractivity (Wildman–Crippen MR) is 137 cm³/mol. The molecule has 3 heterocycles. The number of likely N-dealkylation sites (tertiary alicyclic amines) is 1. The molecule has 2 fully saturated rings. The molecular formula is C27H31N3O4S. The minimum Gasteiger partial charge on any atom is -0.466 e. The van der Waals surface area contributed by atoms with Gasteiger partial charge in [-0.2, -0.15) is 0 Å². The zero-order valence-corrected chi connectivity index (χ0v) is 21.3. The third-order valence-electron chi connectivity index (χ3n) is 7.36. The van der Waals surface area contributed by atoms with Gasteiger partial charge in [0.05, 0.1) is 30.6 Å². The van der Waals surface area contributed by atoms with Gasteiger partial charge in [0.2, 0.25) is 10.8 Å². The minimum atomic E-state index is -1.10. The number of hydrogen-bond donors (Lipinski definition) is 0. The number of ether oxygens (including phenoxy) is 1. The number of thioether (sulfide) groups is 1. The van der Waals surface area contributed by atoms with Crippen molar-refractivity contribution in [1.29, 1.82) is 0 Å². The molecule has 0 saturated carbocycles. The van der Waals surface area contributed by atoms with Crippen LogP contribution < -0.4 is 9.80 Å². The molecule has 7 nitrogen and oxygen atoms in total. The number of rotatable bonds is 5.